The Morgan fingerprint density at radius 3 is 1.82 bits per heavy atom. The zero-order valence-electron chi connectivity index (χ0n) is 8.65. The van der Waals surface area contributed by atoms with Crippen molar-refractivity contribution in [2.24, 2.45) is 11.7 Å². The Hall–Kier alpha value is -0.0800. The minimum absolute atomic E-state index is 0.642. The van der Waals surface area contributed by atoms with E-state index in [0.29, 0.717) is 6.04 Å². The summed E-state index contributed by atoms with van der Waals surface area (Å²) in [4.78, 5) is 0. The first kappa shape index (κ1) is 13.5. The zero-order chi connectivity index (χ0) is 9.28. The molecule has 0 spiro atoms. The van der Waals surface area contributed by atoms with Crippen LogP contribution in [0.3, 0.4) is 0 Å². The average Bonchev–Trinajstić information content (AvgIpc) is 1.90. The van der Waals surface area contributed by atoms with Gasteiger partial charge in [-0.15, -0.1) is 0 Å². The fourth-order valence-electron chi connectivity index (χ4n) is 0.661. The molecule has 0 radical (unpaired) electrons. The summed E-state index contributed by atoms with van der Waals surface area (Å²) in [5.74, 6) is 0.830. The van der Waals surface area contributed by atoms with Crippen LogP contribution >= 0.6 is 0 Å². The summed E-state index contributed by atoms with van der Waals surface area (Å²) in [6.45, 7) is 10.0. The van der Waals surface area contributed by atoms with Gasteiger partial charge in [0.15, 0.2) is 0 Å². The van der Waals surface area contributed by atoms with Gasteiger partial charge in [-0.05, 0) is 25.9 Å². The lowest BCUT2D eigenvalue weighted by Crippen LogP contribution is -2.24. The Morgan fingerprint density at radius 1 is 1.09 bits per heavy atom. The predicted octanol–water partition coefficient (Wildman–Crippen LogP) is 1.61. The predicted molar refractivity (Wildman–Crippen MR) is 52.7 cm³/mol. The van der Waals surface area contributed by atoms with E-state index in [1.54, 1.807) is 0 Å². The summed E-state index contributed by atoms with van der Waals surface area (Å²) in [5.41, 5.74) is 4.50. The molecule has 2 nitrogen and oxygen atoms in total. The molecule has 0 saturated carbocycles. The largest absolute Gasteiger partial charge is 0.333 e. The molecule has 0 unspecified atom stereocenters. The van der Waals surface area contributed by atoms with Crippen molar-refractivity contribution in [3.05, 3.63) is 0 Å². The van der Waals surface area contributed by atoms with E-state index < -0.39 is 0 Å². The van der Waals surface area contributed by atoms with Gasteiger partial charge in [0.05, 0.1) is 0 Å². The van der Waals surface area contributed by atoms with E-state index >= 15 is 0 Å². The van der Waals surface area contributed by atoms with E-state index in [-0.39, 0.29) is 0 Å². The maximum atomic E-state index is 4.50. The third-order valence-electron chi connectivity index (χ3n) is 1.27. The van der Waals surface area contributed by atoms with Crippen LogP contribution < -0.4 is 11.1 Å². The van der Waals surface area contributed by atoms with Crippen LogP contribution in [-0.2, 0) is 0 Å². The molecule has 0 bridgehead atoms. The van der Waals surface area contributed by atoms with Crippen LogP contribution in [0.2, 0.25) is 0 Å². The lowest BCUT2D eigenvalue weighted by molar-refractivity contribution is 0.504. The summed E-state index contributed by atoms with van der Waals surface area (Å²) in [6.07, 6.45) is 1.29. The Bertz CT molecular complexity index is 52.6. The fraction of sp³-hybridized carbons (Fsp3) is 1.00. The van der Waals surface area contributed by atoms with Crippen molar-refractivity contribution in [3.8, 4) is 0 Å². The van der Waals surface area contributed by atoms with Crippen molar-refractivity contribution >= 4 is 0 Å². The van der Waals surface area contributed by atoms with Gasteiger partial charge in [0.25, 0.3) is 0 Å². The zero-order valence-corrected chi connectivity index (χ0v) is 8.65. The first-order chi connectivity index (χ1) is 5.13. The van der Waals surface area contributed by atoms with E-state index in [1.807, 2.05) is 0 Å². The highest BCUT2D eigenvalue weighted by Crippen LogP contribution is 1.96. The molecule has 0 aliphatic heterocycles. The summed E-state index contributed by atoms with van der Waals surface area (Å²) in [5, 5.41) is 3.38. The third-order valence-corrected chi connectivity index (χ3v) is 1.27. The van der Waals surface area contributed by atoms with Crippen LogP contribution in [0.1, 0.15) is 34.1 Å². The number of nitrogens with two attached hydrogens (primary N) is 1. The normalized spacial score (nSPS) is 9.82. The molecule has 0 aromatic carbocycles. The van der Waals surface area contributed by atoms with Gasteiger partial charge in [0, 0.05) is 6.04 Å². The Balaban J connectivity index is 0. The highest BCUT2D eigenvalue weighted by molar-refractivity contribution is 4.53. The highest BCUT2D eigenvalue weighted by atomic mass is 14.9. The van der Waals surface area contributed by atoms with Crippen molar-refractivity contribution in [1.82, 2.24) is 5.32 Å². The fourth-order valence-corrected chi connectivity index (χ4v) is 0.661. The van der Waals surface area contributed by atoms with Gasteiger partial charge in [0.2, 0.25) is 0 Å². The van der Waals surface area contributed by atoms with Crippen LogP contribution in [0.15, 0.2) is 0 Å². The van der Waals surface area contributed by atoms with Crippen LogP contribution in [0.4, 0.5) is 0 Å². The lowest BCUT2D eigenvalue weighted by atomic mass is 10.1. The molecule has 0 aromatic rings. The van der Waals surface area contributed by atoms with Crippen LogP contribution in [0, 0.1) is 5.92 Å². The number of rotatable bonds is 4. The Morgan fingerprint density at radius 2 is 1.55 bits per heavy atom. The summed E-state index contributed by atoms with van der Waals surface area (Å²) >= 11 is 0. The maximum absolute atomic E-state index is 4.50. The van der Waals surface area contributed by atoms with Crippen LogP contribution in [-0.4, -0.2) is 19.6 Å². The van der Waals surface area contributed by atoms with E-state index in [9.17, 15) is 0 Å². The van der Waals surface area contributed by atoms with Gasteiger partial charge >= 0.3 is 0 Å². The lowest BCUT2D eigenvalue weighted by Gasteiger charge is -2.08. The van der Waals surface area contributed by atoms with Gasteiger partial charge in [-0.1, -0.05) is 27.7 Å². The van der Waals surface area contributed by atoms with Crippen molar-refractivity contribution < 1.29 is 0 Å². The first-order valence-electron chi connectivity index (χ1n) is 4.44. The van der Waals surface area contributed by atoms with Gasteiger partial charge in [-0.3, -0.25) is 0 Å². The monoisotopic (exact) mass is 160 g/mol. The number of hydrogen-bond acceptors (Lipinski definition) is 2. The van der Waals surface area contributed by atoms with Gasteiger partial charge in [0.1, 0.15) is 0 Å². The summed E-state index contributed by atoms with van der Waals surface area (Å²) in [7, 11) is 1.50. The average molecular weight is 160 g/mol. The molecule has 0 atom stereocenters. The topological polar surface area (TPSA) is 38.0 Å². The first-order valence-corrected chi connectivity index (χ1v) is 4.44. The minimum Gasteiger partial charge on any atom is -0.333 e. The molecule has 0 aliphatic carbocycles. The molecule has 3 N–H and O–H groups in total. The molecular formula is C9H24N2. The molecule has 0 rings (SSSR count). The summed E-state index contributed by atoms with van der Waals surface area (Å²) in [6, 6.07) is 0.642. The summed E-state index contributed by atoms with van der Waals surface area (Å²) < 4.78 is 0. The van der Waals surface area contributed by atoms with E-state index in [4.69, 9.17) is 0 Å². The SMILES string of the molecule is CC(C)CCNC(C)C.CN. The van der Waals surface area contributed by atoms with Crippen molar-refractivity contribution in [2.45, 2.75) is 40.2 Å². The number of nitrogens with one attached hydrogen (secondary N) is 1. The molecule has 2 heteroatoms. The highest BCUT2D eigenvalue weighted by Gasteiger charge is 1.93. The quantitative estimate of drug-likeness (QED) is 0.655. The number of hydrogen-bond donors (Lipinski definition) is 2. The van der Waals surface area contributed by atoms with E-state index in [1.165, 1.54) is 13.5 Å². The van der Waals surface area contributed by atoms with Crippen LogP contribution in [0.5, 0.6) is 0 Å². The van der Waals surface area contributed by atoms with E-state index in [0.717, 1.165) is 12.5 Å². The molecule has 0 heterocycles. The van der Waals surface area contributed by atoms with Crippen molar-refractivity contribution in [2.75, 3.05) is 13.6 Å². The second kappa shape index (κ2) is 9.92. The smallest absolute Gasteiger partial charge is 0.00103 e. The molecule has 11 heavy (non-hydrogen) atoms. The van der Waals surface area contributed by atoms with Crippen molar-refractivity contribution in [3.63, 3.8) is 0 Å². The minimum atomic E-state index is 0.642. The maximum Gasteiger partial charge on any atom is 0.00103 e. The van der Waals surface area contributed by atoms with E-state index in [2.05, 4.69) is 38.7 Å². The van der Waals surface area contributed by atoms with Gasteiger partial charge < -0.3 is 11.1 Å². The van der Waals surface area contributed by atoms with Gasteiger partial charge in [-0.2, -0.15) is 0 Å². The third kappa shape index (κ3) is 17.8. The standard InChI is InChI=1S/C8H19N.CH5N/c1-7(2)5-6-9-8(3)4;1-2/h7-9H,5-6H2,1-4H3;2H2,1H3. The Kier molecular flexibility index (Phi) is 12.2. The molecule has 0 aliphatic rings. The van der Waals surface area contributed by atoms with Crippen molar-refractivity contribution in [1.29, 1.82) is 0 Å². The second-order valence-electron chi connectivity index (χ2n) is 3.29. The molecule has 0 amide bonds. The molecule has 0 saturated heterocycles. The molecule has 0 fully saturated rings. The molecule has 70 valence electrons. The molecular weight excluding hydrogens is 136 g/mol. The molecule has 0 aromatic heterocycles. The Labute approximate surface area is 71.6 Å². The van der Waals surface area contributed by atoms with Gasteiger partial charge in [-0.25, -0.2) is 0 Å². The van der Waals surface area contributed by atoms with Crippen LogP contribution in [0.25, 0.3) is 0 Å². The second-order valence-corrected chi connectivity index (χ2v) is 3.29.